The zero-order valence-electron chi connectivity index (χ0n) is 9.43. The third kappa shape index (κ3) is 2.70. The highest BCUT2D eigenvalue weighted by atomic mass is 79.9. The summed E-state index contributed by atoms with van der Waals surface area (Å²) < 4.78 is 6.50. The van der Waals surface area contributed by atoms with Gasteiger partial charge in [-0.2, -0.15) is 5.26 Å². The van der Waals surface area contributed by atoms with E-state index in [0.717, 1.165) is 4.47 Å². The van der Waals surface area contributed by atoms with Crippen molar-refractivity contribution in [3.05, 3.63) is 58.1 Å². The van der Waals surface area contributed by atoms with E-state index in [4.69, 9.17) is 10.00 Å². The Kier molecular flexibility index (Phi) is 3.98. The van der Waals surface area contributed by atoms with Crippen molar-refractivity contribution in [1.82, 2.24) is 0 Å². The maximum Gasteiger partial charge on any atom is 0.145 e. The van der Waals surface area contributed by atoms with E-state index in [1.807, 2.05) is 12.1 Å². The molecule has 18 heavy (non-hydrogen) atoms. The second kappa shape index (κ2) is 5.67. The molecule has 3 nitrogen and oxygen atoms in total. The average molecular weight is 304 g/mol. The molecule has 0 aromatic heterocycles. The molecule has 4 heteroatoms. The molecule has 0 aliphatic carbocycles. The van der Waals surface area contributed by atoms with Crippen molar-refractivity contribution < 1.29 is 9.84 Å². The number of halogens is 1. The van der Waals surface area contributed by atoms with Crippen LogP contribution in [0, 0.1) is 11.3 Å². The summed E-state index contributed by atoms with van der Waals surface area (Å²) in [5.41, 5.74) is 1.13. The molecular formula is C14H10BrNO2. The van der Waals surface area contributed by atoms with Crippen LogP contribution in [-0.2, 0) is 6.61 Å². The lowest BCUT2D eigenvalue weighted by atomic mass is 10.2. The first kappa shape index (κ1) is 12.6. The number of aliphatic hydroxyl groups is 1. The van der Waals surface area contributed by atoms with Crippen LogP contribution in [0.1, 0.15) is 11.1 Å². The van der Waals surface area contributed by atoms with Crippen LogP contribution < -0.4 is 4.74 Å². The number of nitrogens with zero attached hydrogens (tertiary/aromatic N) is 1. The Bertz CT molecular complexity index is 605. The number of aliphatic hydroxyl groups excluding tert-OH is 1. The Balaban J connectivity index is 2.37. The van der Waals surface area contributed by atoms with Gasteiger partial charge in [-0.05, 0) is 24.3 Å². The Morgan fingerprint density at radius 3 is 2.67 bits per heavy atom. The fourth-order valence-electron chi connectivity index (χ4n) is 1.53. The first-order valence-corrected chi connectivity index (χ1v) is 6.10. The van der Waals surface area contributed by atoms with Gasteiger partial charge in [0, 0.05) is 10.0 Å². The molecule has 90 valence electrons. The molecule has 0 radical (unpaired) electrons. The standard InChI is InChI=1S/C14H10BrNO2/c15-12-5-6-14(11(7-12)8-16)18-13-4-2-1-3-10(13)9-17/h1-7,17H,9H2. The van der Waals surface area contributed by atoms with E-state index < -0.39 is 0 Å². The summed E-state index contributed by atoms with van der Waals surface area (Å²) in [6, 6.07) is 14.5. The van der Waals surface area contributed by atoms with E-state index in [2.05, 4.69) is 22.0 Å². The largest absolute Gasteiger partial charge is 0.456 e. The van der Waals surface area contributed by atoms with Crippen LogP contribution in [-0.4, -0.2) is 5.11 Å². The zero-order valence-corrected chi connectivity index (χ0v) is 11.0. The van der Waals surface area contributed by atoms with Gasteiger partial charge in [0.2, 0.25) is 0 Å². The monoisotopic (exact) mass is 303 g/mol. The van der Waals surface area contributed by atoms with Crippen LogP contribution in [0.5, 0.6) is 11.5 Å². The van der Waals surface area contributed by atoms with Gasteiger partial charge < -0.3 is 9.84 Å². The first-order valence-electron chi connectivity index (χ1n) is 5.31. The Hall–Kier alpha value is -1.83. The molecule has 0 heterocycles. The van der Waals surface area contributed by atoms with Gasteiger partial charge in [-0.1, -0.05) is 34.1 Å². The topological polar surface area (TPSA) is 53.2 Å². The molecule has 0 unspecified atom stereocenters. The van der Waals surface area contributed by atoms with Crippen molar-refractivity contribution in [1.29, 1.82) is 5.26 Å². The van der Waals surface area contributed by atoms with Gasteiger partial charge in [0.1, 0.15) is 17.6 Å². The van der Waals surface area contributed by atoms with Crippen LogP contribution in [0.3, 0.4) is 0 Å². The quantitative estimate of drug-likeness (QED) is 0.942. The summed E-state index contributed by atoms with van der Waals surface area (Å²) in [5, 5.41) is 18.3. The molecule has 0 saturated carbocycles. The highest BCUT2D eigenvalue weighted by molar-refractivity contribution is 9.10. The van der Waals surface area contributed by atoms with Crippen molar-refractivity contribution in [2.75, 3.05) is 0 Å². The SMILES string of the molecule is N#Cc1cc(Br)ccc1Oc1ccccc1CO. The van der Waals surface area contributed by atoms with Gasteiger partial charge in [-0.15, -0.1) is 0 Å². The lowest BCUT2D eigenvalue weighted by Crippen LogP contribution is -1.93. The molecule has 0 bridgehead atoms. The summed E-state index contributed by atoms with van der Waals surface area (Å²) in [6.07, 6.45) is 0. The normalized spacial score (nSPS) is 9.83. The van der Waals surface area contributed by atoms with Gasteiger partial charge in [0.25, 0.3) is 0 Å². The number of hydrogen-bond donors (Lipinski definition) is 1. The molecule has 2 aromatic carbocycles. The average Bonchev–Trinajstić information content (AvgIpc) is 2.41. The maximum absolute atomic E-state index is 9.21. The summed E-state index contributed by atoms with van der Waals surface area (Å²) >= 11 is 3.30. The zero-order chi connectivity index (χ0) is 13.0. The number of hydrogen-bond acceptors (Lipinski definition) is 3. The minimum Gasteiger partial charge on any atom is -0.456 e. The van der Waals surface area contributed by atoms with Gasteiger partial charge in [0.15, 0.2) is 0 Å². The van der Waals surface area contributed by atoms with Crippen molar-refractivity contribution in [2.45, 2.75) is 6.61 Å². The van der Waals surface area contributed by atoms with Crippen LogP contribution in [0.4, 0.5) is 0 Å². The van der Waals surface area contributed by atoms with E-state index in [1.54, 1.807) is 30.3 Å². The number of nitriles is 1. The van der Waals surface area contributed by atoms with Crippen molar-refractivity contribution in [3.8, 4) is 17.6 Å². The second-order valence-corrected chi connectivity index (χ2v) is 4.54. The van der Waals surface area contributed by atoms with E-state index in [0.29, 0.717) is 22.6 Å². The minimum absolute atomic E-state index is 0.103. The third-order valence-corrected chi connectivity index (χ3v) is 2.92. The molecule has 0 aliphatic rings. The van der Waals surface area contributed by atoms with Crippen LogP contribution in [0.25, 0.3) is 0 Å². The van der Waals surface area contributed by atoms with Gasteiger partial charge in [-0.25, -0.2) is 0 Å². The molecule has 1 N–H and O–H groups in total. The Morgan fingerprint density at radius 2 is 1.94 bits per heavy atom. The number of para-hydroxylation sites is 1. The second-order valence-electron chi connectivity index (χ2n) is 3.62. The van der Waals surface area contributed by atoms with Crippen molar-refractivity contribution in [2.24, 2.45) is 0 Å². The molecule has 0 saturated heterocycles. The smallest absolute Gasteiger partial charge is 0.145 e. The van der Waals surface area contributed by atoms with E-state index in [-0.39, 0.29) is 6.61 Å². The van der Waals surface area contributed by atoms with Crippen molar-refractivity contribution >= 4 is 15.9 Å². The Labute approximate surface area is 113 Å². The summed E-state index contributed by atoms with van der Waals surface area (Å²) in [7, 11) is 0. The molecule has 0 amide bonds. The predicted molar refractivity (Wildman–Crippen MR) is 71.3 cm³/mol. The number of benzene rings is 2. The lowest BCUT2D eigenvalue weighted by Gasteiger charge is -2.10. The molecule has 0 atom stereocenters. The fourth-order valence-corrected chi connectivity index (χ4v) is 1.89. The molecule has 2 rings (SSSR count). The number of ether oxygens (including phenoxy) is 1. The minimum atomic E-state index is -0.103. The molecule has 0 fully saturated rings. The first-order chi connectivity index (χ1) is 8.74. The van der Waals surface area contributed by atoms with Crippen molar-refractivity contribution in [3.63, 3.8) is 0 Å². The number of rotatable bonds is 3. The van der Waals surface area contributed by atoms with Crippen LogP contribution in [0.15, 0.2) is 46.9 Å². The van der Waals surface area contributed by atoms with Gasteiger partial charge in [-0.3, -0.25) is 0 Å². The van der Waals surface area contributed by atoms with Crippen LogP contribution >= 0.6 is 15.9 Å². The predicted octanol–water partition coefficient (Wildman–Crippen LogP) is 3.61. The van der Waals surface area contributed by atoms with Crippen LogP contribution in [0.2, 0.25) is 0 Å². The van der Waals surface area contributed by atoms with Gasteiger partial charge in [0.05, 0.1) is 12.2 Å². The van der Waals surface area contributed by atoms with E-state index >= 15 is 0 Å². The summed E-state index contributed by atoms with van der Waals surface area (Å²) in [6.45, 7) is -0.103. The Morgan fingerprint density at radius 1 is 1.17 bits per heavy atom. The molecule has 2 aromatic rings. The summed E-state index contributed by atoms with van der Waals surface area (Å²) in [4.78, 5) is 0. The highest BCUT2D eigenvalue weighted by Crippen LogP contribution is 2.29. The maximum atomic E-state index is 9.21. The van der Waals surface area contributed by atoms with Gasteiger partial charge >= 0.3 is 0 Å². The molecule has 0 aliphatic heterocycles. The summed E-state index contributed by atoms with van der Waals surface area (Å²) in [5.74, 6) is 1.03. The fraction of sp³-hybridized carbons (Fsp3) is 0.0714. The third-order valence-electron chi connectivity index (χ3n) is 2.42. The lowest BCUT2D eigenvalue weighted by molar-refractivity contribution is 0.276. The molecule has 0 spiro atoms. The highest BCUT2D eigenvalue weighted by Gasteiger charge is 2.08. The van der Waals surface area contributed by atoms with E-state index in [1.165, 1.54) is 0 Å². The van der Waals surface area contributed by atoms with E-state index in [9.17, 15) is 5.11 Å². The molecular weight excluding hydrogens is 294 g/mol.